The molecule has 6 heteroatoms. The van der Waals surface area contributed by atoms with Gasteiger partial charge in [0.25, 0.3) is 0 Å². The minimum absolute atomic E-state index is 0.165. The highest BCUT2D eigenvalue weighted by molar-refractivity contribution is 5.31. The Morgan fingerprint density at radius 2 is 2.07 bits per heavy atom. The summed E-state index contributed by atoms with van der Waals surface area (Å²) < 4.78 is 1.57. The molecule has 0 saturated heterocycles. The number of pyridine rings is 1. The van der Waals surface area contributed by atoms with Gasteiger partial charge in [0.2, 0.25) is 6.33 Å². The molecule has 0 aliphatic heterocycles. The fourth-order valence-corrected chi connectivity index (χ4v) is 1.06. The lowest BCUT2D eigenvalue weighted by Gasteiger charge is -1.96. The van der Waals surface area contributed by atoms with E-state index in [0.717, 1.165) is 5.69 Å². The second-order valence-electron chi connectivity index (χ2n) is 2.60. The number of nitrogens with zero attached hydrogens (tertiary/aromatic N) is 4. The van der Waals surface area contributed by atoms with Crippen LogP contribution in [-0.2, 0) is 0 Å². The third-order valence-electron chi connectivity index (χ3n) is 1.72. The van der Waals surface area contributed by atoms with Crippen molar-refractivity contribution >= 4 is 5.82 Å². The molecule has 2 rings (SSSR count). The minimum Gasteiger partial charge on any atom is -0.358 e. The monoisotopic (exact) mass is 190 g/mol. The van der Waals surface area contributed by atoms with Crippen molar-refractivity contribution in [2.24, 2.45) is 0 Å². The molecular formula is C8H6N4O2. The molecular weight excluding hydrogens is 184 g/mol. The van der Waals surface area contributed by atoms with Crippen LogP contribution in [0.25, 0.3) is 5.69 Å². The Labute approximate surface area is 79.0 Å². The Balaban J connectivity index is 2.39. The van der Waals surface area contributed by atoms with Gasteiger partial charge in [0, 0.05) is 12.4 Å². The highest BCUT2D eigenvalue weighted by Crippen LogP contribution is 2.11. The Morgan fingerprint density at radius 1 is 1.36 bits per heavy atom. The fourth-order valence-electron chi connectivity index (χ4n) is 1.06. The first-order valence-corrected chi connectivity index (χ1v) is 3.86. The first-order valence-electron chi connectivity index (χ1n) is 3.86. The molecule has 2 heterocycles. The minimum atomic E-state index is -0.530. The Bertz CT molecular complexity index is 451. The summed E-state index contributed by atoms with van der Waals surface area (Å²) in [6.07, 6.45) is 5.98. The van der Waals surface area contributed by atoms with Gasteiger partial charge in [-0.3, -0.25) is 9.55 Å². The van der Waals surface area contributed by atoms with E-state index in [2.05, 4.69) is 9.97 Å². The third-order valence-corrected chi connectivity index (χ3v) is 1.72. The topological polar surface area (TPSA) is 73.8 Å². The third kappa shape index (κ3) is 1.45. The molecule has 0 aromatic carbocycles. The van der Waals surface area contributed by atoms with E-state index in [9.17, 15) is 10.1 Å². The molecule has 2 aromatic heterocycles. The second-order valence-corrected chi connectivity index (χ2v) is 2.60. The average molecular weight is 190 g/mol. The van der Waals surface area contributed by atoms with Crippen LogP contribution < -0.4 is 0 Å². The first kappa shape index (κ1) is 8.36. The largest absolute Gasteiger partial charge is 0.381 e. The molecule has 0 radical (unpaired) electrons. The highest BCUT2D eigenvalue weighted by atomic mass is 16.6. The van der Waals surface area contributed by atoms with E-state index in [0.29, 0.717) is 0 Å². The van der Waals surface area contributed by atoms with Gasteiger partial charge in [0.1, 0.15) is 6.20 Å². The number of nitro groups is 1. The number of rotatable bonds is 2. The van der Waals surface area contributed by atoms with Gasteiger partial charge in [-0.2, -0.15) is 0 Å². The lowest BCUT2D eigenvalue weighted by atomic mass is 10.4. The van der Waals surface area contributed by atoms with Crippen molar-refractivity contribution in [3.63, 3.8) is 0 Å². The summed E-state index contributed by atoms with van der Waals surface area (Å²) in [5, 5.41) is 10.4. The molecule has 0 unspecified atom stereocenters. The van der Waals surface area contributed by atoms with Gasteiger partial charge in [-0.15, -0.1) is 0 Å². The first-order chi connectivity index (χ1) is 6.77. The summed E-state index contributed by atoms with van der Waals surface area (Å²) in [7, 11) is 0. The zero-order chi connectivity index (χ0) is 9.97. The maximum atomic E-state index is 10.4. The van der Waals surface area contributed by atoms with E-state index < -0.39 is 4.92 Å². The van der Waals surface area contributed by atoms with Crippen molar-refractivity contribution in [2.45, 2.75) is 0 Å². The lowest BCUT2D eigenvalue weighted by molar-refractivity contribution is -0.389. The molecule has 70 valence electrons. The molecule has 14 heavy (non-hydrogen) atoms. The number of hydrogen-bond donors (Lipinski definition) is 0. The van der Waals surface area contributed by atoms with Crippen molar-refractivity contribution in [1.29, 1.82) is 0 Å². The van der Waals surface area contributed by atoms with Crippen molar-refractivity contribution < 1.29 is 4.92 Å². The Morgan fingerprint density at radius 3 is 2.64 bits per heavy atom. The van der Waals surface area contributed by atoms with Crippen LogP contribution in [0.1, 0.15) is 0 Å². The second kappa shape index (κ2) is 3.25. The van der Waals surface area contributed by atoms with Crippen LogP contribution in [0, 0.1) is 10.1 Å². The van der Waals surface area contributed by atoms with Crippen LogP contribution in [0.15, 0.2) is 37.1 Å². The van der Waals surface area contributed by atoms with Crippen LogP contribution in [0.5, 0.6) is 0 Å². The van der Waals surface area contributed by atoms with Crippen molar-refractivity contribution in [1.82, 2.24) is 14.5 Å². The van der Waals surface area contributed by atoms with Gasteiger partial charge in [-0.25, -0.2) is 0 Å². The zero-order valence-corrected chi connectivity index (χ0v) is 7.07. The number of aromatic nitrogens is 3. The summed E-state index contributed by atoms with van der Waals surface area (Å²) in [5.74, 6) is -0.165. The Kier molecular flexibility index (Phi) is 1.94. The summed E-state index contributed by atoms with van der Waals surface area (Å²) >= 11 is 0. The van der Waals surface area contributed by atoms with Gasteiger partial charge in [-0.1, -0.05) is 0 Å². The summed E-state index contributed by atoms with van der Waals surface area (Å²) in [4.78, 5) is 17.3. The molecule has 0 fully saturated rings. The molecule has 2 aromatic rings. The van der Waals surface area contributed by atoms with E-state index in [-0.39, 0.29) is 5.82 Å². The van der Waals surface area contributed by atoms with Crippen molar-refractivity contribution in [3.8, 4) is 5.69 Å². The predicted molar refractivity (Wildman–Crippen MR) is 48.0 cm³/mol. The molecule has 6 nitrogen and oxygen atoms in total. The zero-order valence-electron chi connectivity index (χ0n) is 7.07. The number of hydrogen-bond acceptors (Lipinski definition) is 4. The molecule has 0 amide bonds. The molecule has 0 saturated carbocycles. The van der Waals surface area contributed by atoms with E-state index >= 15 is 0 Å². The van der Waals surface area contributed by atoms with E-state index in [1.165, 1.54) is 12.5 Å². The lowest BCUT2D eigenvalue weighted by Crippen LogP contribution is -1.90. The van der Waals surface area contributed by atoms with Crippen LogP contribution in [-0.4, -0.2) is 19.5 Å². The fraction of sp³-hybridized carbons (Fsp3) is 0. The standard InChI is InChI=1S/C8H6N4O2/c13-12(14)8-5-11(6-10-8)7-1-3-9-4-2-7/h1-6H. The number of imidazole rings is 1. The van der Waals surface area contributed by atoms with Gasteiger partial charge < -0.3 is 10.1 Å². The van der Waals surface area contributed by atoms with Crippen LogP contribution in [0.3, 0.4) is 0 Å². The highest BCUT2D eigenvalue weighted by Gasteiger charge is 2.09. The van der Waals surface area contributed by atoms with Crippen LogP contribution in [0.4, 0.5) is 5.82 Å². The van der Waals surface area contributed by atoms with Crippen LogP contribution >= 0.6 is 0 Å². The van der Waals surface area contributed by atoms with E-state index in [4.69, 9.17) is 0 Å². The van der Waals surface area contributed by atoms with Gasteiger partial charge in [0.15, 0.2) is 0 Å². The smallest absolute Gasteiger partial charge is 0.358 e. The molecule has 0 aliphatic carbocycles. The van der Waals surface area contributed by atoms with Gasteiger partial charge in [-0.05, 0) is 22.0 Å². The maximum Gasteiger partial charge on any atom is 0.381 e. The summed E-state index contributed by atoms with van der Waals surface area (Å²) in [6.45, 7) is 0. The molecule has 0 aliphatic rings. The van der Waals surface area contributed by atoms with E-state index in [1.807, 2.05) is 0 Å². The average Bonchev–Trinajstić information content (AvgIpc) is 2.68. The molecule has 0 spiro atoms. The predicted octanol–water partition coefficient (Wildman–Crippen LogP) is 1.18. The van der Waals surface area contributed by atoms with Crippen LogP contribution in [0.2, 0.25) is 0 Å². The Hall–Kier alpha value is -2.24. The molecule has 0 bridgehead atoms. The summed E-state index contributed by atoms with van der Waals surface area (Å²) in [6, 6.07) is 3.48. The quantitative estimate of drug-likeness (QED) is 0.526. The van der Waals surface area contributed by atoms with Crippen molar-refractivity contribution in [2.75, 3.05) is 0 Å². The van der Waals surface area contributed by atoms with E-state index in [1.54, 1.807) is 29.1 Å². The maximum absolute atomic E-state index is 10.4. The SMILES string of the molecule is O=[N+]([O-])c1cn(-c2ccncc2)cn1. The van der Waals surface area contributed by atoms with Gasteiger partial charge >= 0.3 is 5.82 Å². The van der Waals surface area contributed by atoms with Crippen molar-refractivity contribution in [3.05, 3.63) is 47.2 Å². The molecule has 0 atom stereocenters. The summed E-state index contributed by atoms with van der Waals surface area (Å²) in [5.41, 5.74) is 0.792. The van der Waals surface area contributed by atoms with Gasteiger partial charge in [0.05, 0.1) is 5.69 Å². The normalized spacial score (nSPS) is 10.0. The molecule has 0 N–H and O–H groups in total.